The van der Waals surface area contributed by atoms with Crippen LogP contribution in [-0.2, 0) is 0 Å². The lowest BCUT2D eigenvalue weighted by Gasteiger charge is -2.48. The van der Waals surface area contributed by atoms with Crippen molar-refractivity contribution < 1.29 is 0 Å². The summed E-state index contributed by atoms with van der Waals surface area (Å²) in [5.74, 6) is 2.49. The van der Waals surface area contributed by atoms with E-state index in [4.69, 9.17) is 0 Å². The second-order valence-corrected chi connectivity index (χ2v) is 8.24. The van der Waals surface area contributed by atoms with Gasteiger partial charge in [-0.1, -0.05) is 71.6 Å². The molecule has 1 heteroatoms. The maximum Gasteiger partial charge on any atom is 0.0692 e. The van der Waals surface area contributed by atoms with Crippen LogP contribution in [0.2, 0.25) is 0 Å². The number of rotatable bonds is 8. The van der Waals surface area contributed by atoms with Gasteiger partial charge in [-0.3, -0.25) is 0 Å². The van der Waals surface area contributed by atoms with Crippen molar-refractivity contribution >= 4 is 0 Å². The molecule has 126 valence electrons. The van der Waals surface area contributed by atoms with Gasteiger partial charge in [-0.15, -0.1) is 0 Å². The first-order chi connectivity index (χ1) is 10.7. The number of nitrogens with zero attached hydrogens (tertiary/aromatic N) is 1. The van der Waals surface area contributed by atoms with E-state index in [0.717, 1.165) is 17.8 Å². The summed E-state index contributed by atoms with van der Waals surface area (Å²) in [6.45, 7) is 4.58. The van der Waals surface area contributed by atoms with Crippen molar-refractivity contribution in [3.8, 4) is 6.07 Å². The van der Waals surface area contributed by atoms with Crippen LogP contribution in [0, 0.1) is 34.5 Å². The third kappa shape index (κ3) is 4.50. The molecule has 0 amide bonds. The Morgan fingerprint density at radius 3 is 2.41 bits per heavy atom. The van der Waals surface area contributed by atoms with Crippen LogP contribution in [0.25, 0.3) is 0 Å². The van der Waals surface area contributed by atoms with Crippen molar-refractivity contribution in [3.05, 3.63) is 0 Å². The number of hydrogen-bond acceptors (Lipinski definition) is 1. The average molecular weight is 304 g/mol. The Hall–Kier alpha value is -0.510. The molecule has 0 aromatic rings. The molecule has 0 saturated heterocycles. The summed E-state index contributed by atoms with van der Waals surface area (Å²) in [6, 6.07) is 2.82. The molecule has 2 aliphatic carbocycles. The Kier molecular flexibility index (Phi) is 7.26. The summed E-state index contributed by atoms with van der Waals surface area (Å²) in [6.07, 6.45) is 18.9. The highest BCUT2D eigenvalue weighted by Crippen LogP contribution is 2.54. The minimum atomic E-state index is 0.0660. The van der Waals surface area contributed by atoms with Crippen molar-refractivity contribution in [1.82, 2.24) is 0 Å². The molecule has 4 atom stereocenters. The van der Waals surface area contributed by atoms with Gasteiger partial charge in [0.25, 0.3) is 0 Å². The highest BCUT2D eigenvalue weighted by Gasteiger charge is 2.47. The molecule has 0 radical (unpaired) electrons. The summed E-state index contributed by atoms with van der Waals surface area (Å²) in [4.78, 5) is 0. The fourth-order valence-corrected chi connectivity index (χ4v) is 5.18. The molecule has 0 bridgehead atoms. The largest absolute Gasteiger partial charge is 0.198 e. The summed E-state index contributed by atoms with van der Waals surface area (Å²) in [7, 11) is 0. The van der Waals surface area contributed by atoms with Gasteiger partial charge < -0.3 is 0 Å². The Labute approximate surface area is 138 Å². The smallest absolute Gasteiger partial charge is 0.0692 e. The van der Waals surface area contributed by atoms with Crippen LogP contribution in [0.1, 0.15) is 104 Å². The van der Waals surface area contributed by atoms with Gasteiger partial charge >= 0.3 is 0 Å². The number of nitriles is 1. The Bertz CT molecular complexity index is 355. The van der Waals surface area contributed by atoms with Gasteiger partial charge in [0.05, 0.1) is 11.5 Å². The number of unbranched alkanes of at least 4 members (excludes halogenated alkanes) is 4. The molecule has 2 unspecified atom stereocenters. The molecule has 2 fully saturated rings. The molecule has 0 N–H and O–H groups in total. The lowest BCUT2D eigenvalue weighted by atomic mass is 9.55. The zero-order chi connectivity index (χ0) is 15.8. The number of hydrogen-bond donors (Lipinski definition) is 0. The first-order valence-electron chi connectivity index (χ1n) is 10.1. The summed E-state index contributed by atoms with van der Waals surface area (Å²) < 4.78 is 0. The van der Waals surface area contributed by atoms with E-state index in [0.29, 0.717) is 0 Å². The zero-order valence-corrected chi connectivity index (χ0v) is 15.1. The molecule has 22 heavy (non-hydrogen) atoms. The molecule has 2 saturated carbocycles. The topological polar surface area (TPSA) is 23.8 Å². The monoisotopic (exact) mass is 303 g/mol. The van der Waals surface area contributed by atoms with Crippen molar-refractivity contribution in [2.45, 2.75) is 104 Å². The van der Waals surface area contributed by atoms with E-state index in [1.165, 1.54) is 89.9 Å². The van der Waals surface area contributed by atoms with Crippen LogP contribution in [-0.4, -0.2) is 0 Å². The molecule has 0 aromatic heterocycles. The van der Waals surface area contributed by atoms with Gasteiger partial charge in [-0.25, -0.2) is 0 Å². The van der Waals surface area contributed by atoms with E-state index in [1.807, 2.05) is 0 Å². The average Bonchev–Trinajstić information content (AvgIpc) is 2.56. The van der Waals surface area contributed by atoms with Crippen LogP contribution in [0.3, 0.4) is 0 Å². The summed E-state index contributed by atoms with van der Waals surface area (Å²) in [5, 5.41) is 9.90. The lowest BCUT2D eigenvalue weighted by molar-refractivity contribution is 0.0367. The van der Waals surface area contributed by atoms with Gasteiger partial charge in [0, 0.05) is 0 Å². The Morgan fingerprint density at radius 2 is 1.68 bits per heavy atom. The van der Waals surface area contributed by atoms with Gasteiger partial charge in [-0.2, -0.15) is 5.26 Å². The van der Waals surface area contributed by atoms with Gasteiger partial charge in [0.1, 0.15) is 0 Å². The molecule has 2 rings (SSSR count). The fraction of sp³-hybridized carbons (Fsp3) is 0.952. The minimum Gasteiger partial charge on any atom is -0.198 e. The van der Waals surface area contributed by atoms with Crippen molar-refractivity contribution in [3.63, 3.8) is 0 Å². The van der Waals surface area contributed by atoms with E-state index in [1.54, 1.807) is 0 Å². The zero-order valence-electron chi connectivity index (χ0n) is 15.1. The van der Waals surface area contributed by atoms with Gasteiger partial charge in [-0.05, 0) is 49.9 Å². The SMILES string of the molecule is CCCCCCC1CCC2(C#N)C[C@H](CCCC)CC[C@@H]2C1. The Morgan fingerprint density at radius 1 is 0.909 bits per heavy atom. The van der Waals surface area contributed by atoms with Crippen molar-refractivity contribution in [2.24, 2.45) is 23.2 Å². The minimum absolute atomic E-state index is 0.0660. The van der Waals surface area contributed by atoms with Crippen molar-refractivity contribution in [1.29, 1.82) is 5.26 Å². The van der Waals surface area contributed by atoms with Crippen LogP contribution in [0.5, 0.6) is 0 Å². The molecule has 1 nitrogen and oxygen atoms in total. The fourth-order valence-electron chi connectivity index (χ4n) is 5.18. The van der Waals surface area contributed by atoms with Crippen LogP contribution in [0.4, 0.5) is 0 Å². The molecule has 0 aromatic carbocycles. The number of fused-ring (bicyclic) bond motifs is 1. The van der Waals surface area contributed by atoms with Crippen LogP contribution in [0.15, 0.2) is 0 Å². The molecule has 0 aliphatic heterocycles. The van der Waals surface area contributed by atoms with E-state index in [2.05, 4.69) is 19.9 Å². The molecule has 0 spiro atoms. The van der Waals surface area contributed by atoms with E-state index in [9.17, 15) is 5.26 Å². The molecular weight excluding hydrogens is 266 g/mol. The first-order valence-corrected chi connectivity index (χ1v) is 10.1. The third-order valence-electron chi connectivity index (χ3n) is 6.63. The summed E-state index contributed by atoms with van der Waals surface area (Å²) in [5.41, 5.74) is 0.0660. The molecule has 2 aliphatic rings. The Balaban J connectivity index is 1.83. The normalized spacial score (nSPS) is 34.9. The van der Waals surface area contributed by atoms with Crippen LogP contribution >= 0.6 is 0 Å². The predicted molar refractivity (Wildman–Crippen MR) is 94.5 cm³/mol. The lowest BCUT2D eigenvalue weighted by Crippen LogP contribution is -2.40. The second kappa shape index (κ2) is 8.95. The highest BCUT2D eigenvalue weighted by molar-refractivity contribution is 5.08. The highest BCUT2D eigenvalue weighted by atomic mass is 14.5. The predicted octanol–water partition coefficient (Wildman–Crippen LogP) is 6.87. The van der Waals surface area contributed by atoms with Gasteiger partial charge in [0.2, 0.25) is 0 Å². The van der Waals surface area contributed by atoms with Gasteiger partial charge in [0.15, 0.2) is 0 Å². The molecular formula is C21H37N. The van der Waals surface area contributed by atoms with E-state index in [-0.39, 0.29) is 5.41 Å². The first kappa shape index (κ1) is 17.8. The standard InChI is InChI=1S/C21H37N/c1-3-5-7-8-10-18-13-14-21(17-22)16-19(9-6-4-2)11-12-20(21)15-18/h18-20H,3-16H2,1-2H3/t18?,19-,20-,21?/m1/s1. The van der Waals surface area contributed by atoms with E-state index < -0.39 is 0 Å². The third-order valence-corrected chi connectivity index (χ3v) is 6.63. The maximum atomic E-state index is 9.90. The maximum absolute atomic E-state index is 9.90. The van der Waals surface area contributed by atoms with E-state index >= 15 is 0 Å². The quantitative estimate of drug-likeness (QED) is 0.449. The van der Waals surface area contributed by atoms with Crippen molar-refractivity contribution in [2.75, 3.05) is 0 Å². The summed E-state index contributed by atoms with van der Waals surface area (Å²) >= 11 is 0. The second-order valence-electron chi connectivity index (χ2n) is 8.24. The molecule has 0 heterocycles. The van der Waals surface area contributed by atoms with Crippen LogP contribution < -0.4 is 0 Å².